The number of rotatable bonds is 8. The van der Waals surface area contributed by atoms with Gasteiger partial charge in [-0.2, -0.15) is 0 Å². The Hall–Kier alpha value is -2.62. The van der Waals surface area contributed by atoms with Gasteiger partial charge in [-0.3, -0.25) is 13.9 Å². The number of ether oxygens (including phenoxy) is 1. The number of hydrogen-bond donors (Lipinski definition) is 2. The largest absolute Gasteiger partial charge is 0.376 e. The highest BCUT2D eigenvalue weighted by molar-refractivity contribution is 7.92. The summed E-state index contributed by atoms with van der Waals surface area (Å²) in [6.07, 6.45) is 2.87. The molecule has 1 fully saturated rings. The molecular weight excluding hydrogens is 466 g/mol. The lowest BCUT2D eigenvalue weighted by Crippen LogP contribution is -2.46. The van der Waals surface area contributed by atoms with Crippen molar-refractivity contribution in [1.29, 1.82) is 0 Å². The Morgan fingerprint density at radius 2 is 1.97 bits per heavy atom. The molecule has 0 spiro atoms. The van der Waals surface area contributed by atoms with Crippen molar-refractivity contribution < 1.29 is 22.7 Å². The maximum Gasteiger partial charge on any atom is 0.253 e. The third-order valence-electron chi connectivity index (χ3n) is 5.44. The Bertz CT molecular complexity index is 1130. The van der Waals surface area contributed by atoms with Crippen molar-refractivity contribution in [3.8, 4) is 0 Å². The average molecular weight is 494 g/mol. The number of hydrogen-bond acceptors (Lipinski definition) is 5. The number of carbonyl (C=O) groups excluding carboxylic acids is 2. The minimum Gasteiger partial charge on any atom is -0.376 e. The summed E-state index contributed by atoms with van der Waals surface area (Å²) in [7, 11) is -3.82. The number of nitrogens with one attached hydrogen (secondary N) is 2. The number of benzene rings is 2. The lowest BCUT2D eigenvalue weighted by Gasteiger charge is -2.29. The lowest BCUT2D eigenvalue weighted by atomic mass is 10.1. The van der Waals surface area contributed by atoms with Gasteiger partial charge in [0.25, 0.3) is 5.91 Å². The Labute approximate surface area is 199 Å². The van der Waals surface area contributed by atoms with Crippen LogP contribution in [0, 0.1) is 6.92 Å². The van der Waals surface area contributed by atoms with Gasteiger partial charge in [0, 0.05) is 18.2 Å². The number of para-hydroxylation sites is 1. The predicted molar refractivity (Wildman–Crippen MR) is 129 cm³/mol. The van der Waals surface area contributed by atoms with E-state index in [0.29, 0.717) is 29.4 Å². The van der Waals surface area contributed by atoms with Crippen LogP contribution in [-0.4, -0.2) is 51.8 Å². The molecule has 2 aromatic rings. The van der Waals surface area contributed by atoms with Gasteiger partial charge < -0.3 is 15.4 Å². The van der Waals surface area contributed by atoms with Gasteiger partial charge >= 0.3 is 0 Å². The zero-order chi connectivity index (χ0) is 24.2. The highest BCUT2D eigenvalue weighted by Crippen LogP contribution is 2.29. The summed E-state index contributed by atoms with van der Waals surface area (Å²) >= 11 is 6.08. The van der Waals surface area contributed by atoms with Crippen LogP contribution < -0.4 is 14.9 Å². The molecule has 2 atom stereocenters. The number of sulfonamides is 1. The van der Waals surface area contributed by atoms with Crippen molar-refractivity contribution >= 4 is 44.8 Å². The average Bonchev–Trinajstić information content (AvgIpc) is 3.27. The molecule has 2 amide bonds. The molecule has 1 saturated heterocycles. The topological polar surface area (TPSA) is 105 Å². The van der Waals surface area contributed by atoms with Crippen LogP contribution in [0.25, 0.3) is 0 Å². The molecule has 178 valence electrons. The molecule has 0 aliphatic carbocycles. The fourth-order valence-corrected chi connectivity index (χ4v) is 5.13. The van der Waals surface area contributed by atoms with Gasteiger partial charge in [-0.1, -0.05) is 29.8 Å². The number of aryl methyl sites for hydroxylation is 1. The third-order valence-corrected chi connectivity index (χ3v) is 6.90. The van der Waals surface area contributed by atoms with Gasteiger partial charge in [0.1, 0.15) is 6.04 Å². The molecule has 3 rings (SSSR count). The molecule has 8 nitrogen and oxygen atoms in total. The summed E-state index contributed by atoms with van der Waals surface area (Å²) < 4.78 is 31.8. The first-order chi connectivity index (χ1) is 15.6. The zero-order valence-electron chi connectivity index (χ0n) is 18.8. The molecule has 0 bridgehead atoms. The van der Waals surface area contributed by atoms with Gasteiger partial charge in [-0.25, -0.2) is 8.42 Å². The molecule has 2 aromatic carbocycles. The SMILES string of the molecule is Cc1ccc(Cl)cc1N([C@H](C)C(=O)Nc1ccccc1C(=O)NC[C@@H]1CCCO1)S(C)(=O)=O. The molecule has 1 heterocycles. The van der Waals surface area contributed by atoms with Crippen molar-refractivity contribution in [3.63, 3.8) is 0 Å². The van der Waals surface area contributed by atoms with E-state index in [2.05, 4.69) is 10.6 Å². The van der Waals surface area contributed by atoms with Crippen molar-refractivity contribution in [3.05, 3.63) is 58.6 Å². The van der Waals surface area contributed by atoms with Crippen LogP contribution >= 0.6 is 11.6 Å². The van der Waals surface area contributed by atoms with Crippen molar-refractivity contribution in [1.82, 2.24) is 5.32 Å². The minimum absolute atomic E-state index is 0.0139. The van der Waals surface area contributed by atoms with E-state index in [1.807, 2.05) is 0 Å². The second kappa shape index (κ2) is 10.5. The molecule has 1 aliphatic rings. The van der Waals surface area contributed by atoms with E-state index in [9.17, 15) is 18.0 Å². The fraction of sp³-hybridized carbons (Fsp3) is 0.391. The molecule has 0 saturated carbocycles. The number of carbonyl (C=O) groups is 2. The van der Waals surface area contributed by atoms with Crippen molar-refractivity contribution in [2.24, 2.45) is 0 Å². The molecule has 0 radical (unpaired) electrons. The van der Waals surface area contributed by atoms with Crippen LogP contribution in [0.15, 0.2) is 42.5 Å². The highest BCUT2D eigenvalue weighted by Gasteiger charge is 2.31. The number of halogens is 1. The summed E-state index contributed by atoms with van der Waals surface area (Å²) in [5.41, 5.74) is 1.53. The van der Waals surface area contributed by atoms with Crippen molar-refractivity contribution in [2.45, 2.75) is 38.8 Å². The summed E-state index contributed by atoms with van der Waals surface area (Å²) in [6.45, 7) is 4.29. The van der Waals surface area contributed by atoms with Gasteiger partial charge in [-0.05, 0) is 56.5 Å². The first-order valence-electron chi connectivity index (χ1n) is 10.6. The summed E-state index contributed by atoms with van der Waals surface area (Å²) in [6, 6.07) is 10.3. The van der Waals surface area contributed by atoms with Crippen LogP contribution in [0.2, 0.25) is 5.02 Å². The summed E-state index contributed by atoms with van der Waals surface area (Å²) in [4.78, 5) is 25.8. The standard InChI is InChI=1S/C23H28ClN3O5S/c1-15-10-11-17(24)13-21(15)27(33(3,30)31)16(2)22(28)26-20-9-5-4-8-19(20)23(29)25-14-18-7-6-12-32-18/h4-5,8-11,13,16,18H,6-7,12,14H2,1-3H3,(H,25,29)(H,26,28)/t16-,18+/m1/s1. The normalized spacial score (nSPS) is 16.8. The molecule has 0 unspecified atom stereocenters. The first-order valence-corrected chi connectivity index (χ1v) is 12.9. The Kier molecular flexibility index (Phi) is 7.99. The molecule has 2 N–H and O–H groups in total. The third kappa shape index (κ3) is 6.25. The van der Waals surface area contributed by atoms with Crippen LogP contribution in [-0.2, 0) is 19.6 Å². The van der Waals surface area contributed by atoms with Crippen molar-refractivity contribution in [2.75, 3.05) is 29.0 Å². The monoisotopic (exact) mass is 493 g/mol. The van der Waals surface area contributed by atoms with Crippen LogP contribution in [0.5, 0.6) is 0 Å². The van der Waals surface area contributed by atoms with Gasteiger partial charge in [0.2, 0.25) is 15.9 Å². The lowest BCUT2D eigenvalue weighted by molar-refractivity contribution is -0.116. The summed E-state index contributed by atoms with van der Waals surface area (Å²) in [5, 5.41) is 5.89. The number of amides is 2. The van der Waals surface area contributed by atoms with E-state index in [-0.39, 0.29) is 23.3 Å². The molecule has 0 aromatic heterocycles. The van der Waals surface area contributed by atoms with Gasteiger partial charge in [0.15, 0.2) is 0 Å². The predicted octanol–water partition coefficient (Wildman–Crippen LogP) is 3.35. The number of nitrogens with zero attached hydrogens (tertiary/aromatic N) is 1. The second-order valence-electron chi connectivity index (χ2n) is 8.05. The fourth-order valence-electron chi connectivity index (χ4n) is 3.74. The molecular formula is C23H28ClN3O5S. The maximum atomic E-state index is 13.1. The maximum absolute atomic E-state index is 13.1. The second-order valence-corrected chi connectivity index (χ2v) is 10.3. The number of anilines is 2. The van der Waals surface area contributed by atoms with E-state index in [1.54, 1.807) is 43.3 Å². The van der Waals surface area contributed by atoms with E-state index >= 15 is 0 Å². The van der Waals surface area contributed by atoms with E-state index in [0.717, 1.165) is 23.4 Å². The quantitative estimate of drug-likeness (QED) is 0.586. The highest BCUT2D eigenvalue weighted by atomic mass is 35.5. The smallest absolute Gasteiger partial charge is 0.253 e. The zero-order valence-corrected chi connectivity index (χ0v) is 20.4. The Morgan fingerprint density at radius 1 is 1.24 bits per heavy atom. The molecule has 33 heavy (non-hydrogen) atoms. The minimum atomic E-state index is -3.82. The first kappa shape index (κ1) is 25.0. The Morgan fingerprint density at radius 3 is 2.64 bits per heavy atom. The van der Waals surface area contributed by atoms with Crippen LogP contribution in [0.1, 0.15) is 35.7 Å². The molecule has 10 heteroatoms. The van der Waals surface area contributed by atoms with Gasteiger partial charge in [-0.15, -0.1) is 0 Å². The van der Waals surface area contributed by atoms with Gasteiger partial charge in [0.05, 0.1) is 29.3 Å². The van der Waals surface area contributed by atoms with E-state index in [4.69, 9.17) is 16.3 Å². The Balaban J connectivity index is 1.81. The van der Waals surface area contributed by atoms with E-state index in [1.165, 1.54) is 13.0 Å². The van der Waals surface area contributed by atoms with Crippen LogP contribution in [0.4, 0.5) is 11.4 Å². The van der Waals surface area contributed by atoms with Crippen LogP contribution in [0.3, 0.4) is 0 Å². The van der Waals surface area contributed by atoms with E-state index < -0.39 is 22.0 Å². The molecule has 1 aliphatic heterocycles. The summed E-state index contributed by atoms with van der Waals surface area (Å²) in [5.74, 6) is -0.932.